The smallest absolute Gasteiger partial charge is 0.269 e. The number of nitrogen functional groups attached to an aromatic ring is 1. The normalized spacial score (nSPS) is 9.86. The standard InChI is InChI=1S/C9H11NS.C5H8N4O.C3H5N3O.ClH/c1-8(10)11-7-9-5-3-2-4-6-9;1-2-8-3(5(7)10)4(6)9-2;4-1-2(5)3(6)7;/h2-6,10H,7H2,1H3;6H2,1H3,(H2,7,10)(H,8,9);2H,5H2,(H2,6,7);1H. The molecule has 0 aliphatic rings. The summed E-state index contributed by atoms with van der Waals surface area (Å²) in [5.41, 5.74) is 21.0. The van der Waals surface area contributed by atoms with Gasteiger partial charge in [0.15, 0.2) is 11.9 Å². The molecule has 0 aliphatic carbocycles. The van der Waals surface area contributed by atoms with Crippen LogP contribution < -0.4 is 22.9 Å². The molecule has 2 amide bonds. The summed E-state index contributed by atoms with van der Waals surface area (Å²) in [5, 5.41) is 15.7. The number of nitriles is 1. The summed E-state index contributed by atoms with van der Waals surface area (Å²) in [6.45, 7) is 3.51. The van der Waals surface area contributed by atoms with Crippen molar-refractivity contribution in [3.05, 3.63) is 47.4 Å². The minimum absolute atomic E-state index is 0. The molecule has 1 heterocycles. The van der Waals surface area contributed by atoms with Crippen LogP contribution in [0.5, 0.6) is 0 Å². The van der Waals surface area contributed by atoms with Gasteiger partial charge in [0.05, 0.1) is 11.1 Å². The van der Waals surface area contributed by atoms with Gasteiger partial charge in [-0.25, -0.2) is 4.98 Å². The number of anilines is 1. The summed E-state index contributed by atoms with van der Waals surface area (Å²) in [5.74, 6) is 0.285. The highest BCUT2D eigenvalue weighted by Gasteiger charge is 2.08. The molecule has 29 heavy (non-hydrogen) atoms. The van der Waals surface area contributed by atoms with Gasteiger partial charge in [0, 0.05) is 5.75 Å². The number of hydrogen-bond donors (Lipinski definition) is 6. The first kappa shape index (κ1) is 28.1. The van der Waals surface area contributed by atoms with E-state index in [1.165, 1.54) is 11.6 Å². The Morgan fingerprint density at radius 2 is 1.86 bits per heavy atom. The fraction of sp³-hybridized carbons (Fsp3) is 0.235. The van der Waals surface area contributed by atoms with E-state index in [9.17, 15) is 9.59 Å². The van der Waals surface area contributed by atoms with Crippen molar-refractivity contribution in [3.63, 3.8) is 0 Å². The summed E-state index contributed by atoms with van der Waals surface area (Å²) in [7, 11) is 0. The predicted molar refractivity (Wildman–Crippen MR) is 117 cm³/mol. The Balaban J connectivity index is 0. The average Bonchev–Trinajstić information content (AvgIpc) is 2.99. The van der Waals surface area contributed by atoms with Crippen molar-refractivity contribution in [2.24, 2.45) is 17.2 Å². The molecule has 0 bridgehead atoms. The third-order valence-corrected chi connectivity index (χ3v) is 3.75. The SMILES string of the molecule is CC(=N)SCc1ccccc1.Cc1nc(N)c(C(N)=O)[nH]1.Cl.N#CC(N)C(N)=O. The molecule has 12 heteroatoms. The van der Waals surface area contributed by atoms with Gasteiger partial charge in [0.1, 0.15) is 11.5 Å². The second-order valence-corrected chi connectivity index (χ2v) is 6.48. The van der Waals surface area contributed by atoms with Crippen LogP contribution in [-0.4, -0.2) is 32.9 Å². The van der Waals surface area contributed by atoms with E-state index in [4.69, 9.17) is 27.9 Å². The van der Waals surface area contributed by atoms with Crippen molar-refractivity contribution < 1.29 is 9.59 Å². The molecule has 1 unspecified atom stereocenters. The zero-order valence-electron chi connectivity index (χ0n) is 16.0. The zero-order chi connectivity index (χ0) is 21.7. The number of imidazole rings is 1. The topological polar surface area (TPSA) is 215 Å². The maximum atomic E-state index is 10.5. The fourth-order valence-electron chi connectivity index (χ4n) is 1.53. The first-order chi connectivity index (χ1) is 13.1. The van der Waals surface area contributed by atoms with Gasteiger partial charge in [-0.2, -0.15) is 5.26 Å². The Bertz CT molecular complexity index is 836. The lowest BCUT2D eigenvalue weighted by Gasteiger charge is -1.97. The Morgan fingerprint density at radius 3 is 2.14 bits per heavy atom. The number of carbonyl (C=O) groups is 2. The van der Waals surface area contributed by atoms with Crippen LogP contribution >= 0.6 is 24.2 Å². The number of aromatic amines is 1. The number of amides is 2. The minimum Gasteiger partial charge on any atom is -0.382 e. The van der Waals surface area contributed by atoms with E-state index in [1.54, 1.807) is 18.7 Å². The van der Waals surface area contributed by atoms with Gasteiger partial charge >= 0.3 is 0 Å². The molecule has 1 aromatic carbocycles. The lowest BCUT2D eigenvalue weighted by atomic mass is 10.2. The molecule has 1 atom stereocenters. The number of nitrogens with zero attached hydrogens (tertiary/aromatic N) is 2. The highest BCUT2D eigenvalue weighted by molar-refractivity contribution is 8.13. The van der Waals surface area contributed by atoms with Crippen LogP contribution in [0.3, 0.4) is 0 Å². The molecular formula is C17H25ClN8O2S. The molecule has 0 radical (unpaired) electrons. The first-order valence-electron chi connectivity index (χ1n) is 7.86. The number of carbonyl (C=O) groups excluding carboxylic acids is 2. The first-order valence-corrected chi connectivity index (χ1v) is 8.85. The Labute approximate surface area is 179 Å². The van der Waals surface area contributed by atoms with Gasteiger partial charge in [0.2, 0.25) is 5.91 Å². The predicted octanol–water partition coefficient (Wildman–Crippen LogP) is 1.06. The Kier molecular flexibility index (Phi) is 14.5. The van der Waals surface area contributed by atoms with Crippen molar-refractivity contribution in [3.8, 4) is 6.07 Å². The maximum absolute atomic E-state index is 10.5. The van der Waals surface area contributed by atoms with E-state index in [0.29, 0.717) is 10.9 Å². The molecule has 1 aromatic heterocycles. The number of benzene rings is 1. The molecule has 0 fully saturated rings. The number of aromatic nitrogens is 2. The van der Waals surface area contributed by atoms with Crippen LogP contribution in [0.4, 0.5) is 5.82 Å². The molecule has 2 rings (SSSR count). The average molecular weight is 441 g/mol. The van der Waals surface area contributed by atoms with Crippen molar-refractivity contribution in [1.82, 2.24) is 9.97 Å². The molecule has 0 spiro atoms. The quantitative estimate of drug-likeness (QED) is 0.299. The van der Waals surface area contributed by atoms with Gasteiger partial charge in [-0.15, -0.1) is 24.2 Å². The number of nitrogens with two attached hydrogens (primary N) is 4. The fourth-order valence-corrected chi connectivity index (χ4v) is 2.10. The number of rotatable bonds is 4. The number of thioether (sulfide) groups is 1. The van der Waals surface area contributed by atoms with Crippen LogP contribution in [0, 0.1) is 23.7 Å². The number of halogens is 1. The van der Waals surface area contributed by atoms with Crippen LogP contribution in [0.15, 0.2) is 30.3 Å². The van der Waals surface area contributed by atoms with E-state index in [1.807, 2.05) is 25.1 Å². The Morgan fingerprint density at radius 1 is 1.31 bits per heavy atom. The summed E-state index contributed by atoms with van der Waals surface area (Å²) in [6, 6.07) is 10.5. The van der Waals surface area contributed by atoms with E-state index in [-0.39, 0.29) is 23.9 Å². The maximum Gasteiger partial charge on any atom is 0.269 e. The summed E-state index contributed by atoms with van der Waals surface area (Å²) in [4.78, 5) is 26.7. The molecular weight excluding hydrogens is 416 g/mol. The molecule has 10 N–H and O–H groups in total. The van der Waals surface area contributed by atoms with Crippen LogP contribution in [0.2, 0.25) is 0 Å². The molecule has 158 valence electrons. The summed E-state index contributed by atoms with van der Waals surface area (Å²) >= 11 is 1.57. The van der Waals surface area contributed by atoms with Gasteiger partial charge in [-0.1, -0.05) is 30.3 Å². The van der Waals surface area contributed by atoms with E-state index < -0.39 is 17.9 Å². The monoisotopic (exact) mass is 440 g/mol. The molecule has 10 nitrogen and oxygen atoms in total. The second kappa shape index (κ2) is 14.9. The molecule has 2 aromatic rings. The lowest BCUT2D eigenvalue weighted by molar-refractivity contribution is -0.118. The summed E-state index contributed by atoms with van der Waals surface area (Å²) < 4.78 is 0. The van der Waals surface area contributed by atoms with E-state index >= 15 is 0 Å². The highest BCUT2D eigenvalue weighted by Crippen LogP contribution is 2.11. The minimum atomic E-state index is -1.15. The molecule has 0 aliphatic heterocycles. The number of H-pyrrole nitrogens is 1. The van der Waals surface area contributed by atoms with Gasteiger partial charge < -0.3 is 27.9 Å². The van der Waals surface area contributed by atoms with Gasteiger partial charge in [0.25, 0.3) is 5.91 Å². The third-order valence-electron chi connectivity index (χ3n) is 2.84. The third kappa shape index (κ3) is 12.9. The van der Waals surface area contributed by atoms with Crippen LogP contribution in [-0.2, 0) is 10.5 Å². The highest BCUT2D eigenvalue weighted by atomic mass is 35.5. The van der Waals surface area contributed by atoms with Gasteiger partial charge in [-0.05, 0) is 19.4 Å². The van der Waals surface area contributed by atoms with Crippen LogP contribution in [0.1, 0.15) is 28.8 Å². The van der Waals surface area contributed by atoms with E-state index in [2.05, 4.69) is 27.8 Å². The van der Waals surface area contributed by atoms with Crippen molar-refractivity contribution >= 4 is 46.8 Å². The number of aryl methyl sites for hydroxylation is 1. The number of primary amides is 2. The lowest BCUT2D eigenvalue weighted by Crippen LogP contribution is -2.34. The molecule has 0 saturated carbocycles. The Hall–Kier alpha value is -3.07. The second-order valence-electron chi connectivity index (χ2n) is 5.29. The van der Waals surface area contributed by atoms with Crippen molar-refractivity contribution in [2.75, 3.05) is 5.73 Å². The summed E-state index contributed by atoms with van der Waals surface area (Å²) in [6.07, 6.45) is 0. The van der Waals surface area contributed by atoms with Crippen molar-refractivity contribution in [1.29, 1.82) is 10.7 Å². The van der Waals surface area contributed by atoms with E-state index in [0.717, 1.165) is 5.75 Å². The largest absolute Gasteiger partial charge is 0.382 e. The molecule has 0 saturated heterocycles. The number of nitrogens with one attached hydrogen (secondary N) is 2. The van der Waals surface area contributed by atoms with Crippen LogP contribution in [0.25, 0.3) is 0 Å². The zero-order valence-corrected chi connectivity index (χ0v) is 17.6. The number of hydrogen-bond acceptors (Lipinski definition) is 8. The van der Waals surface area contributed by atoms with Gasteiger partial charge in [-0.3, -0.25) is 15.0 Å². The van der Waals surface area contributed by atoms with Crippen molar-refractivity contribution in [2.45, 2.75) is 25.6 Å².